The van der Waals surface area contributed by atoms with Crippen LogP contribution in [0.15, 0.2) is 69.8 Å². The summed E-state index contributed by atoms with van der Waals surface area (Å²) in [5, 5.41) is 11.1. The number of aliphatic hydroxyl groups excluding tert-OH is 1. The van der Waals surface area contributed by atoms with E-state index in [1.54, 1.807) is 39.4 Å². The number of para-hydroxylation sites is 1. The molecule has 0 aliphatic carbocycles. The van der Waals surface area contributed by atoms with Crippen LogP contribution in [0.2, 0.25) is 0 Å². The Morgan fingerprint density at radius 3 is 2.55 bits per heavy atom. The number of thioether (sulfide) groups is 1. The zero-order valence-electron chi connectivity index (χ0n) is 16.3. The fourth-order valence-electron chi connectivity index (χ4n) is 2.69. The predicted molar refractivity (Wildman–Crippen MR) is 115 cm³/mol. The molecular formula is C22H21NO5S. The molecule has 0 amide bonds. The first-order valence-corrected chi connectivity index (χ1v) is 9.75. The van der Waals surface area contributed by atoms with Crippen molar-refractivity contribution < 1.29 is 24.1 Å². The normalized spacial score (nSPS) is 16.4. The lowest BCUT2D eigenvalue weighted by Gasteiger charge is -2.08. The van der Waals surface area contributed by atoms with Crippen LogP contribution in [0.25, 0.3) is 6.08 Å². The van der Waals surface area contributed by atoms with E-state index in [0.717, 1.165) is 5.56 Å². The lowest BCUT2D eigenvalue weighted by molar-refractivity contribution is -0.138. The first kappa shape index (κ1) is 20.5. The number of rotatable bonds is 6. The largest absolute Gasteiger partial charge is 0.506 e. The Morgan fingerprint density at radius 1 is 1.14 bits per heavy atom. The molecule has 7 heteroatoms. The van der Waals surface area contributed by atoms with Gasteiger partial charge in [0.25, 0.3) is 0 Å². The Balaban J connectivity index is 2.06. The van der Waals surface area contributed by atoms with E-state index < -0.39 is 5.97 Å². The zero-order chi connectivity index (χ0) is 20.8. The molecule has 150 valence electrons. The molecule has 1 aliphatic rings. The Bertz CT molecular complexity index is 996. The number of ether oxygens (including phenoxy) is 3. The monoisotopic (exact) mass is 411 g/mol. The van der Waals surface area contributed by atoms with Crippen LogP contribution in [0.3, 0.4) is 0 Å². The third kappa shape index (κ3) is 4.63. The average molecular weight is 411 g/mol. The molecular weight excluding hydrogens is 390 g/mol. The van der Waals surface area contributed by atoms with Crippen molar-refractivity contribution in [1.29, 1.82) is 0 Å². The summed E-state index contributed by atoms with van der Waals surface area (Å²) >= 11 is 1.20. The van der Waals surface area contributed by atoms with E-state index >= 15 is 0 Å². The third-order valence-electron chi connectivity index (χ3n) is 4.08. The summed E-state index contributed by atoms with van der Waals surface area (Å²) < 4.78 is 15.8. The first-order chi connectivity index (χ1) is 14.1. The molecule has 0 spiro atoms. The zero-order valence-corrected chi connectivity index (χ0v) is 17.2. The SMILES string of the molecule is CCOC(=O)C1=C(O)/C(=C\c2ccc(OC)cc2OC)SC1=Nc1ccccc1. The number of carbonyl (C=O) groups excluding carboxylic acids is 1. The molecule has 0 radical (unpaired) electrons. The number of carbonyl (C=O) groups is 1. The number of benzene rings is 2. The molecule has 0 atom stereocenters. The topological polar surface area (TPSA) is 77.4 Å². The molecule has 2 aromatic carbocycles. The minimum Gasteiger partial charge on any atom is -0.506 e. The maximum atomic E-state index is 12.5. The summed E-state index contributed by atoms with van der Waals surface area (Å²) in [5.41, 5.74) is 1.46. The van der Waals surface area contributed by atoms with Gasteiger partial charge in [0.05, 0.1) is 31.4 Å². The highest BCUT2D eigenvalue weighted by Crippen LogP contribution is 2.41. The predicted octanol–water partition coefficient (Wildman–Crippen LogP) is 4.90. The molecule has 6 nitrogen and oxygen atoms in total. The van der Waals surface area contributed by atoms with Gasteiger partial charge in [-0.2, -0.15) is 0 Å². The molecule has 29 heavy (non-hydrogen) atoms. The van der Waals surface area contributed by atoms with Gasteiger partial charge in [-0.1, -0.05) is 30.0 Å². The Morgan fingerprint density at radius 2 is 1.90 bits per heavy atom. The summed E-state index contributed by atoms with van der Waals surface area (Å²) in [6.07, 6.45) is 1.74. The summed E-state index contributed by atoms with van der Waals surface area (Å²) in [6, 6.07) is 14.6. The molecule has 1 heterocycles. The van der Waals surface area contributed by atoms with Gasteiger partial charge >= 0.3 is 5.97 Å². The highest BCUT2D eigenvalue weighted by molar-refractivity contribution is 8.18. The van der Waals surface area contributed by atoms with Crippen LogP contribution in [-0.2, 0) is 9.53 Å². The second kappa shape index (κ2) is 9.34. The van der Waals surface area contributed by atoms with Crippen LogP contribution in [0.1, 0.15) is 12.5 Å². The van der Waals surface area contributed by atoms with Gasteiger partial charge in [-0.3, -0.25) is 0 Å². The smallest absolute Gasteiger partial charge is 0.344 e. The standard InChI is InChI=1S/C22H21NO5S/c1-4-28-22(25)19-20(24)18(29-21(19)23-15-8-6-5-7-9-15)12-14-10-11-16(26-2)13-17(14)27-3/h5-13,24H,4H2,1-3H3/b18-12+,23-21?. The molecule has 1 aliphatic heterocycles. The number of methoxy groups -OCH3 is 2. The molecule has 0 fully saturated rings. The van der Waals surface area contributed by atoms with Crippen molar-refractivity contribution in [3.8, 4) is 11.5 Å². The van der Waals surface area contributed by atoms with E-state index in [1.165, 1.54) is 11.8 Å². The van der Waals surface area contributed by atoms with Gasteiger partial charge in [0, 0.05) is 11.6 Å². The molecule has 2 aromatic rings. The van der Waals surface area contributed by atoms with Gasteiger partial charge in [0.15, 0.2) is 0 Å². The van der Waals surface area contributed by atoms with Crippen molar-refractivity contribution in [3.05, 3.63) is 70.3 Å². The summed E-state index contributed by atoms with van der Waals surface area (Å²) in [5.74, 6) is 0.455. The second-order valence-electron chi connectivity index (χ2n) is 5.92. The Hall–Kier alpha value is -3.19. The van der Waals surface area contributed by atoms with Gasteiger partial charge in [-0.05, 0) is 37.3 Å². The van der Waals surface area contributed by atoms with Crippen molar-refractivity contribution in [2.75, 3.05) is 20.8 Å². The van der Waals surface area contributed by atoms with E-state index in [9.17, 15) is 9.90 Å². The highest BCUT2D eigenvalue weighted by Gasteiger charge is 2.33. The maximum Gasteiger partial charge on any atom is 0.344 e. The Labute approximate surface area is 173 Å². The quantitative estimate of drug-likeness (QED) is 0.682. The van der Waals surface area contributed by atoms with Crippen molar-refractivity contribution in [3.63, 3.8) is 0 Å². The minimum atomic E-state index is -0.614. The third-order valence-corrected chi connectivity index (χ3v) is 5.10. The number of nitrogens with zero attached hydrogens (tertiary/aromatic N) is 1. The van der Waals surface area contributed by atoms with Crippen LogP contribution in [0.4, 0.5) is 5.69 Å². The molecule has 0 aromatic heterocycles. The minimum absolute atomic E-state index is 0.0550. The van der Waals surface area contributed by atoms with Crippen molar-refractivity contribution in [1.82, 2.24) is 0 Å². The molecule has 0 unspecified atom stereocenters. The summed E-state index contributed by atoms with van der Waals surface area (Å²) in [7, 11) is 3.13. The van der Waals surface area contributed by atoms with Gasteiger partial charge < -0.3 is 19.3 Å². The average Bonchev–Trinajstić information content (AvgIpc) is 3.04. The molecule has 0 saturated heterocycles. The summed E-state index contributed by atoms with van der Waals surface area (Å²) in [4.78, 5) is 17.5. The van der Waals surface area contributed by atoms with Crippen molar-refractivity contribution >= 4 is 34.5 Å². The van der Waals surface area contributed by atoms with Crippen molar-refractivity contribution in [2.45, 2.75) is 6.92 Å². The van der Waals surface area contributed by atoms with E-state index in [1.807, 2.05) is 36.4 Å². The second-order valence-corrected chi connectivity index (χ2v) is 6.95. The molecule has 0 saturated carbocycles. The van der Waals surface area contributed by atoms with Crippen LogP contribution in [-0.4, -0.2) is 36.9 Å². The molecule has 1 N–H and O–H groups in total. The van der Waals surface area contributed by atoms with Gasteiger partial charge in [-0.25, -0.2) is 9.79 Å². The molecule has 3 rings (SSSR count). The number of hydrogen-bond acceptors (Lipinski definition) is 7. The van der Waals surface area contributed by atoms with Gasteiger partial charge in [0.2, 0.25) is 0 Å². The van der Waals surface area contributed by atoms with E-state index in [4.69, 9.17) is 14.2 Å². The van der Waals surface area contributed by atoms with Crippen LogP contribution < -0.4 is 9.47 Å². The Kier molecular flexibility index (Phi) is 6.61. The van der Waals surface area contributed by atoms with E-state index in [-0.39, 0.29) is 17.9 Å². The van der Waals surface area contributed by atoms with Gasteiger partial charge in [-0.15, -0.1) is 0 Å². The highest BCUT2D eigenvalue weighted by atomic mass is 32.2. The van der Waals surface area contributed by atoms with Crippen LogP contribution in [0, 0.1) is 0 Å². The maximum absolute atomic E-state index is 12.5. The van der Waals surface area contributed by atoms with Crippen LogP contribution in [0.5, 0.6) is 11.5 Å². The van der Waals surface area contributed by atoms with Crippen molar-refractivity contribution in [2.24, 2.45) is 4.99 Å². The van der Waals surface area contributed by atoms with Crippen LogP contribution >= 0.6 is 11.8 Å². The number of aliphatic hydroxyl groups is 1. The summed E-state index contributed by atoms with van der Waals surface area (Å²) in [6.45, 7) is 1.91. The first-order valence-electron chi connectivity index (χ1n) is 8.93. The lowest BCUT2D eigenvalue weighted by Crippen LogP contribution is -2.12. The number of esters is 1. The fourth-order valence-corrected chi connectivity index (χ4v) is 3.72. The van der Waals surface area contributed by atoms with E-state index in [0.29, 0.717) is 27.1 Å². The number of aliphatic imine (C=N–C) groups is 1. The lowest BCUT2D eigenvalue weighted by atomic mass is 10.1. The molecule has 0 bridgehead atoms. The fraction of sp³-hybridized carbons (Fsp3) is 0.182. The van der Waals surface area contributed by atoms with E-state index in [2.05, 4.69) is 4.99 Å². The van der Waals surface area contributed by atoms with Gasteiger partial charge in [0.1, 0.15) is 27.9 Å². The number of hydrogen-bond donors (Lipinski definition) is 1.